The normalized spacial score (nSPS) is 14.3. The number of amides is 1. The van der Waals surface area contributed by atoms with E-state index in [2.05, 4.69) is 20.9 Å². The Hall–Kier alpha value is -2.35. The summed E-state index contributed by atoms with van der Waals surface area (Å²) in [6, 6.07) is 18.2. The van der Waals surface area contributed by atoms with Gasteiger partial charge in [0.15, 0.2) is 5.69 Å². The minimum absolute atomic E-state index is 0. The summed E-state index contributed by atoms with van der Waals surface area (Å²) < 4.78 is 1.82. The summed E-state index contributed by atoms with van der Waals surface area (Å²) >= 11 is 1.62. The highest BCUT2D eigenvalue weighted by molar-refractivity contribution is 7.99. The van der Waals surface area contributed by atoms with Crippen molar-refractivity contribution >= 4 is 35.8 Å². The van der Waals surface area contributed by atoms with Crippen molar-refractivity contribution in [1.29, 1.82) is 0 Å². The molecular weight excluding hydrogens is 394 g/mol. The molecule has 6 nitrogen and oxygen atoms in total. The summed E-state index contributed by atoms with van der Waals surface area (Å²) in [4.78, 5) is 14.8. The number of halogens is 1. The Labute approximate surface area is 174 Å². The monoisotopic (exact) mass is 415 g/mol. The standard InChI is InChI=1S/C20H21N5OS.ClH/c26-20(18-14-25(24-23-18)15-10-12-21-13-11-15)22-17-8-4-5-9-19(17)27-16-6-2-1-3-7-16;/h1-9,14-15,21H,10-13H2,(H,22,26);1H. The van der Waals surface area contributed by atoms with Crippen molar-refractivity contribution in [2.24, 2.45) is 0 Å². The lowest BCUT2D eigenvalue weighted by molar-refractivity contribution is 0.102. The lowest BCUT2D eigenvalue weighted by Crippen LogP contribution is -2.29. The van der Waals surface area contributed by atoms with Crippen molar-refractivity contribution in [2.45, 2.75) is 28.7 Å². The minimum Gasteiger partial charge on any atom is -0.319 e. The second-order valence-corrected chi connectivity index (χ2v) is 7.55. The maximum absolute atomic E-state index is 12.7. The number of rotatable bonds is 5. The molecule has 3 aromatic rings. The number of hydrogen-bond donors (Lipinski definition) is 2. The van der Waals surface area contributed by atoms with Crippen LogP contribution in [0.4, 0.5) is 5.69 Å². The largest absolute Gasteiger partial charge is 0.319 e. The molecule has 1 aliphatic rings. The van der Waals surface area contributed by atoms with Crippen LogP contribution in [0.2, 0.25) is 0 Å². The van der Waals surface area contributed by atoms with Gasteiger partial charge in [-0.05, 0) is 50.2 Å². The number of benzene rings is 2. The lowest BCUT2D eigenvalue weighted by Gasteiger charge is -2.22. The molecule has 0 saturated carbocycles. The number of nitrogens with zero attached hydrogens (tertiary/aromatic N) is 3. The summed E-state index contributed by atoms with van der Waals surface area (Å²) in [5.74, 6) is -0.240. The summed E-state index contributed by atoms with van der Waals surface area (Å²) in [5, 5.41) is 14.5. The Morgan fingerprint density at radius 3 is 2.57 bits per heavy atom. The van der Waals surface area contributed by atoms with E-state index in [0.717, 1.165) is 41.4 Å². The average Bonchev–Trinajstić information content (AvgIpc) is 3.21. The molecule has 1 fully saturated rings. The molecule has 146 valence electrons. The molecule has 2 aromatic carbocycles. The van der Waals surface area contributed by atoms with E-state index in [4.69, 9.17) is 0 Å². The first-order chi connectivity index (χ1) is 13.3. The third-order valence-electron chi connectivity index (χ3n) is 4.53. The number of carbonyl (C=O) groups is 1. The highest BCUT2D eigenvalue weighted by Crippen LogP contribution is 2.33. The van der Waals surface area contributed by atoms with Crippen LogP contribution in [0.15, 0.2) is 70.6 Å². The Bertz CT molecular complexity index is 912. The predicted molar refractivity (Wildman–Crippen MR) is 113 cm³/mol. The van der Waals surface area contributed by atoms with Crippen molar-refractivity contribution in [1.82, 2.24) is 20.3 Å². The molecule has 0 atom stereocenters. The molecule has 2 heterocycles. The highest BCUT2D eigenvalue weighted by Gasteiger charge is 2.19. The predicted octanol–water partition coefficient (Wildman–Crippen LogP) is 4.03. The van der Waals surface area contributed by atoms with E-state index in [1.54, 1.807) is 18.0 Å². The van der Waals surface area contributed by atoms with Crippen LogP contribution in [0, 0.1) is 0 Å². The second kappa shape index (κ2) is 9.73. The van der Waals surface area contributed by atoms with Gasteiger partial charge in [0.25, 0.3) is 5.91 Å². The average molecular weight is 416 g/mol. The molecule has 1 aliphatic heterocycles. The molecule has 4 rings (SSSR count). The van der Waals surface area contributed by atoms with Gasteiger partial charge in [-0.2, -0.15) is 0 Å². The van der Waals surface area contributed by atoms with Gasteiger partial charge in [0.05, 0.1) is 17.9 Å². The molecular formula is C20H22ClN5OS. The number of aromatic nitrogens is 3. The van der Waals surface area contributed by atoms with E-state index in [-0.39, 0.29) is 18.3 Å². The summed E-state index contributed by atoms with van der Waals surface area (Å²) in [6.07, 6.45) is 3.75. The van der Waals surface area contributed by atoms with Gasteiger partial charge in [0, 0.05) is 9.79 Å². The number of piperidine rings is 1. The van der Waals surface area contributed by atoms with Crippen molar-refractivity contribution in [3.63, 3.8) is 0 Å². The van der Waals surface area contributed by atoms with Crippen molar-refractivity contribution in [3.05, 3.63) is 66.5 Å². The Kier molecular flexibility index (Phi) is 7.08. The van der Waals surface area contributed by atoms with Crippen molar-refractivity contribution < 1.29 is 4.79 Å². The van der Waals surface area contributed by atoms with E-state index in [1.807, 2.05) is 59.3 Å². The van der Waals surface area contributed by atoms with E-state index < -0.39 is 0 Å². The number of carbonyl (C=O) groups excluding carboxylic acids is 1. The molecule has 8 heteroatoms. The van der Waals surface area contributed by atoms with Crippen LogP contribution < -0.4 is 10.6 Å². The zero-order valence-electron chi connectivity index (χ0n) is 15.2. The van der Waals surface area contributed by atoms with Gasteiger partial charge in [0.2, 0.25) is 0 Å². The highest BCUT2D eigenvalue weighted by atomic mass is 35.5. The molecule has 1 aromatic heterocycles. The Balaban J connectivity index is 0.00000225. The Morgan fingerprint density at radius 1 is 1.07 bits per heavy atom. The number of nitrogens with one attached hydrogen (secondary N) is 2. The van der Waals surface area contributed by atoms with E-state index in [0.29, 0.717) is 11.7 Å². The van der Waals surface area contributed by atoms with Crippen LogP contribution in [0.5, 0.6) is 0 Å². The third-order valence-corrected chi connectivity index (χ3v) is 5.62. The maximum Gasteiger partial charge on any atom is 0.277 e. The number of hydrogen-bond acceptors (Lipinski definition) is 5. The fourth-order valence-electron chi connectivity index (χ4n) is 3.09. The molecule has 0 spiro atoms. The Morgan fingerprint density at radius 2 is 1.79 bits per heavy atom. The topological polar surface area (TPSA) is 71.8 Å². The molecule has 1 saturated heterocycles. The SMILES string of the molecule is Cl.O=C(Nc1ccccc1Sc1ccccc1)c1cn(C2CCNCC2)nn1. The smallest absolute Gasteiger partial charge is 0.277 e. The second-order valence-electron chi connectivity index (χ2n) is 6.43. The van der Waals surface area contributed by atoms with E-state index in [9.17, 15) is 4.79 Å². The fourth-order valence-corrected chi connectivity index (χ4v) is 4.01. The van der Waals surface area contributed by atoms with Crippen LogP contribution in [-0.4, -0.2) is 34.0 Å². The van der Waals surface area contributed by atoms with Crippen LogP contribution in [0.1, 0.15) is 29.4 Å². The molecule has 2 N–H and O–H groups in total. The first-order valence-electron chi connectivity index (χ1n) is 9.05. The van der Waals surface area contributed by atoms with Crippen LogP contribution in [-0.2, 0) is 0 Å². The van der Waals surface area contributed by atoms with Gasteiger partial charge in [-0.1, -0.05) is 47.3 Å². The zero-order chi connectivity index (χ0) is 18.5. The third kappa shape index (κ3) is 4.92. The molecule has 0 radical (unpaired) electrons. The van der Waals surface area contributed by atoms with Gasteiger partial charge in [-0.3, -0.25) is 4.79 Å². The van der Waals surface area contributed by atoms with E-state index in [1.165, 1.54) is 0 Å². The van der Waals surface area contributed by atoms with E-state index >= 15 is 0 Å². The lowest BCUT2D eigenvalue weighted by atomic mass is 10.1. The first-order valence-corrected chi connectivity index (χ1v) is 9.87. The summed E-state index contributed by atoms with van der Waals surface area (Å²) in [6.45, 7) is 1.94. The maximum atomic E-state index is 12.7. The number of para-hydroxylation sites is 1. The molecule has 28 heavy (non-hydrogen) atoms. The quantitative estimate of drug-likeness (QED) is 0.658. The van der Waals surface area contributed by atoms with Crippen LogP contribution in [0.25, 0.3) is 0 Å². The number of anilines is 1. The zero-order valence-corrected chi connectivity index (χ0v) is 16.9. The molecule has 1 amide bonds. The molecule has 0 aliphatic carbocycles. The molecule has 0 unspecified atom stereocenters. The first kappa shape index (κ1) is 20.4. The fraction of sp³-hybridized carbons (Fsp3) is 0.250. The molecule has 0 bridgehead atoms. The summed E-state index contributed by atoms with van der Waals surface area (Å²) in [5.41, 5.74) is 1.11. The minimum atomic E-state index is -0.240. The van der Waals surface area contributed by atoms with Crippen LogP contribution >= 0.6 is 24.2 Å². The summed E-state index contributed by atoms with van der Waals surface area (Å²) in [7, 11) is 0. The van der Waals surface area contributed by atoms with Gasteiger partial charge in [0.1, 0.15) is 0 Å². The van der Waals surface area contributed by atoms with Crippen molar-refractivity contribution in [3.8, 4) is 0 Å². The van der Waals surface area contributed by atoms with Gasteiger partial charge < -0.3 is 10.6 Å². The van der Waals surface area contributed by atoms with Crippen LogP contribution in [0.3, 0.4) is 0 Å². The van der Waals surface area contributed by atoms with Gasteiger partial charge in [-0.25, -0.2) is 4.68 Å². The van der Waals surface area contributed by atoms with Gasteiger partial charge >= 0.3 is 0 Å². The van der Waals surface area contributed by atoms with Crippen molar-refractivity contribution in [2.75, 3.05) is 18.4 Å². The van der Waals surface area contributed by atoms with Gasteiger partial charge in [-0.15, -0.1) is 17.5 Å².